The number of nitrogens with one attached hydrogen (secondary N) is 1. The van der Waals surface area contributed by atoms with Gasteiger partial charge in [-0.15, -0.1) is 0 Å². The predicted molar refractivity (Wildman–Crippen MR) is 67.7 cm³/mol. The summed E-state index contributed by atoms with van der Waals surface area (Å²) in [5.74, 6) is -0.0971. The predicted octanol–water partition coefficient (Wildman–Crippen LogP) is 1.70. The van der Waals surface area contributed by atoms with Crippen molar-refractivity contribution >= 4 is 11.6 Å². The summed E-state index contributed by atoms with van der Waals surface area (Å²) in [6.45, 7) is 4.39. The fourth-order valence-corrected chi connectivity index (χ4v) is 1.61. The maximum Gasteiger partial charge on any atom is 0.238 e. The van der Waals surface area contributed by atoms with Gasteiger partial charge in [-0.05, 0) is 32.0 Å². The second-order valence-corrected chi connectivity index (χ2v) is 4.15. The van der Waals surface area contributed by atoms with E-state index in [2.05, 4.69) is 5.32 Å². The number of carbonyl (C=O) groups excluding carboxylic acids is 1. The molecule has 17 heavy (non-hydrogen) atoms. The van der Waals surface area contributed by atoms with Crippen LogP contribution in [0.15, 0.2) is 18.2 Å². The Hall–Kier alpha value is -1.86. The molecule has 1 N–H and O–H groups in total. The highest BCUT2D eigenvalue weighted by Gasteiger charge is 2.09. The van der Waals surface area contributed by atoms with E-state index in [1.165, 1.54) is 0 Å². The summed E-state index contributed by atoms with van der Waals surface area (Å²) in [5, 5.41) is 11.4. The van der Waals surface area contributed by atoms with Gasteiger partial charge in [-0.3, -0.25) is 9.69 Å². The molecule has 0 aliphatic carbocycles. The highest BCUT2D eigenvalue weighted by Crippen LogP contribution is 2.19. The molecule has 0 bridgehead atoms. The third-order valence-electron chi connectivity index (χ3n) is 2.50. The van der Waals surface area contributed by atoms with Gasteiger partial charge in [0, 0.05) is 5.69 Å². The average Bonchev–Trinajstić information content (AvgIpc) is 2.24. The SMILES string of the molecule is Cc1cccc(C)c1NC(=O)CN(C)CC#N. The van der Waals surface area contributed by atoms with Crippen LogP contribution in [0, 0.1) is 25.2 Å². The number of hydrogen-bond donors (Lipinski definition) is 1. The van der Waals surface area contributed by atoms with Crippen LogP contribution in [0.5, 0.6) is 0 Å². The van der Waals surface area contributed by atoms with Crippen molar-refractivity contribution in [3.05, 3.63) is 29.3 Å². The lowest BCUT2D eigenvalue weighted by atomic mass is 10.1. The number of hydrogen-bond acceptors (Lipinski definition) is 3. The minimum Gasteiger partial charge on any atom is -0.324 e. The Morgan fingerprint density at radius 2 is 2.00 bits per heavy atom. The van der Waals surface area contributed by atoms with Crippen LogP contribution in [0.2, 0.25) is 0 Å². The van der Waals surface area contributed by atoms with Crippen molar-refractivity contribution in [3.63, 3.8) is 0 Å². The Kier molecular flexibility index (Phi) is 4.68. The normalized spacial score (nSPS) is 10.1. The second-order valence-electron chi connectivity index (χ2n) is 4.15. The Balaban J connectivity index is 2.66. The summed E-state index contributed by atoms with van der Waals surface area (Å²) in [4.78, 5) is 13.4. The zero-order valence-electron chi connectivity index (χ0n) is 10.4. The van der Waals surface area contributed by atoms with Gasteiger partial charge in [0.25, 0.3) is 0 Å². The second kappa shape index (κ2) is 6.02. The molecule has 0 spiro atoms. The van der Waals surface area contributed by atoms with Crippen molar-refractivity contribution in [2.45, 2.75) is 13.8 Å². The number of rotatable bonds is 4. The maximum absolute atomic E-state index is 11.7. The van der Waals surface area contributed by atoms with Gasteiger partial charge in [0.2, 0.25) is 5.91 Å². The molecule has 1 aromatic rings. The average molecular weight is 231 g/mol. The summed E-state index contributed by atoms with van der Waals surface area (Å²) in [6.07, 6.45) is 0. The minimum atomic E-state index is -0.0971. The molecule has 0 heterocycles. The molecule has 0 aromatic heterocycles. The zero-order chi connectivity index (χ0) is 12.8. The van der Waals surface area contributed by atoms with Crippen LogP contribution in [0.4, 0.5) is 5.69 Å². The molecular formula is C13H17N3O. The van der Waals surface area contributed by atoms with Crippen LogP contribution < -0.4 is 5.32 Å². The van der Waals surface area contributed by atoms with E-state index in [9.17, 15) is 4.79 Å². The van der Waals surface area contributed by atoms with E-state index in [1.807, 2.05) is 38.1 Å². The number of nitrogens with zero attached hydrogens (tertiary/aromatic N) is 2. The zero-order valence-corrected chi connectivity index (χ0v) is 10.4. The Morgan fingerprint density at radius 1 is 1.41 bits per heavy atom. The van der Waals surface area contributed by atoms with Gasteiger partial charge in [0.15, 0.2) is 0 Å². The quantitative estimate of drug-likeness (QED) is 0.802. The number of nitriles is 1. The van der Waals surface area contributed by atoms with Crippen LogP contribution >= 0.6 is 0 Å². The lowest BCUT2D eigenvalue weighted by molar-refractivity contribution is -0.116. The fraction of sp³-hybridized carbons (Fsp3) is 0.385. The molecule has 1 amide bonds. The number of anilines is 1. The van der Waals surface area contributed by atoms with E-state index in [-0.39, 0.29) is 19.0 Å². The highest BCUT2D eigenvalue weighted by atomic mass is 16.2. The first-order valence-corrected chi connectivity index (χ1v) is 5.46. The lowest BCUT2D eigenvalue weighted by Gasteiger charge is -2.15. The summed E-state index contributed by atoms with van der Waals surface area (Å²) in [6, 6.07) is 7.89. The number of aryl methyl sites for hydroxylation is 2. The molecule has 0 unspecified atom stereocenters. The smallest absolute Gasteiger partial charge is 0.238 e. The molecule has 0 radical (unpaired) electrons. The molecular weight excluding hydrogens is 214 g/mol. The molecule has 0 fully saturated rings. The molecule has 4 nitrogen and oxygen atoms in total. The van der Waals surface area contributed by atoms with Crippen LogP contribution in [0.25, 0.3) is 0 Å². The van der Waals surface area contributed by atoms with Crippen molar-refractivity contribution in [3.8, 4) is 6.07 Å². The largest absolute Gasteiger partial charge is 0.324 e. The Labute approximate surface area is 102 Å². The molecule has 0 aliphatic rings. The van der Waals surface area contributed by atoms with Gasteiger partial charge in [-0.1, -0.05) is 18.2 Å². The van der Waals surface area contributed by atoms with E-state index in [4.69, 9.17) is 5.26 Å². The van der Waals surface area contributed by atoms with E-state index in [1.54, 1.807) is 11.9 Å². The molecule has 0 aliphatic heterocycles. The first-order valence-electron chi connectivity index (χ1n) is 5.46. The number of likely N-dealkylation sites (N-methyl/N-ethyl adjacent to an activating group) is 1. The van der Waals surface area contributed by atoms with Gasteiger partial charge in [0.1, 0.15) is 0 Å². The van der Waals surface area contributed by atoms with Crippen LogP contribution in [-0.4, -0.2) is 30.9 Å². The van der Waals surface area contributed by atoms with Crippen LogP contribution in [0.3, 0.4) is 0 Å². The van der Waals surface area contributed by atoms with E-state index < -0.39 is 0 Å². The van der Waals surface area contributed by atoms with Gasteiger partial charge in [0.05, 0.1) is 19.2 Å². The van der Waals surface area contributed by atoms with Gasteiger partial charge >= 0.3 is 0 Å². The lowest BCUT2D eigenvalue weighted by Crippen LogP contribution is -2.30. The summed E-state index contributed by atoms with van der Waals surface area (Å²) in [7, 11) is 1.74. The number of amides is 1. The van der Waals surface area contributed by atoms with Crippen molar-refractivity contribution in [1.82, 2.24) is 4.90 Å². The topological polar surface area (TPSA) is 56.1 Å². The fourth-order valence-electron chi connectivity index (χ4n) is 1.61. The summed E-state index contributed by atoms with van der Waals surface area (Å²) in [5.41, 5.74) is 2.95. The van der Waals surface area contributed by atoms with Gasteiger partial charge < -0.3 is 5.32 Å². The monoisotopic (exact) mass is 231 g/mol. The van der Waals surface area contributed by atoms with Crippen LogP contribution in [-0.2, 0) is 4.79 Å². The van der Waals surface area contributed by atoms with Crippen molar-refractivity contribution in [2.24, 2.45) is 0 Å². The molecule has 0 atom stereocenters. The first kappa shape index (κ1) is 13.2. The maximum atomic E-state index is 11.7. The number of carbonyl (C=O) groups is 1. The molecule has 1 aromatic carbocycles. The van der Waals surface area contributed by atoms with Crippen molar-refractivity contribution in [2.75, 3.05) is 25.5 Å². The van der Waals surface area contributed by atoms with E-state index in [0.717, 1.165) is 16.8 Å². The van der Waals surface area contributed by atoms with Crippen LogP contribution in [0.1, 0.15) is 11.1 Å². The standard InChI is InChI=1S/C13H17N3O/c1-10-5-4-6-11(2)13(10)15-12(17)9-16(3)8-7-14/h4-6H,8-9H2,1-3H3,(H,15,17). The molecule has 1 rings (SSSR count). The Bertz CT molecular complexity index is 428. The van der Waals surface area contributed by atoms with E-state index in [0.29, 0.717) is 0 Å². The third-order valence-corrected chi connectivity index (χ3v) is 2.50. The molecule has 4 heteroatoms. The first-order chi connectivity index (χ1) is 8.04. The minimum absolute atomic E-state index is 0.0971. The molecule has 0 saturated carbocycles. The van der Waals surface area contributed by atoms with Gasteiger partial charge in [-0.2, -0.15) is 5.26 Å². The summed E-state index contributed by atoms with van der Waals surface area (Å²) < 4.78 is 0. The van der Waals surface area contributed by atoms with Gasteiger partial charge in [-0.25, -0.2) is 0 Å². The number of benzene rings is 1. The van der Waals surface area contributed by atoms with Crippen molar-refractivity contribution < 1.29 is 4.79 Å². The highest BCUT2D eigenvalue weighted by molar-refractivity contribution is 5.93. The summed E-state index contributed by atoms with van der Waals surface area (Å²) >= 11 is 0. The van der Waals surface area contributed by atoms with Crippen molar-refractivity contribution in [1.29, 1.82) is 5.26 Å². The number of para-hydroxylation sites is 1. The molecule has 0 saturated heterocycles. The Morgan fingerprint density at radius 3 is 2.53 bits per heavy atom. The van der Waals surface area contributed by atoms with E-state index >= 15 is 0 Å². The molecule has 90 valence electrons. The third kappa shape index (κ3) is 3.89.